The molecular formula is C9H19NO4S. The number of hydrogen-bond donors (Lipinski definition) is 2. The fraction of sp³-hybridized carbons (Fsp3) is 0.889. The number of rotatable bonds is 8. The van der Waals surface area contributed by atoms with Crippen LogP contribution in [0, 0.1) is 5.92 Å². The predicted molar refractivity (Wildman–Crippen MR) is 58.1 cm³/mol. The van der Waals surface area contributed by atoms with Crippen LogP contribution in [0.5, 0.6) is 0 Å². The topological polar surface area (TPSA) is 83.5 Å². The van der Waals surface area contributed by atoms with Crippen LogP contribution < -0.4 is 4.72 Å². The summed E-state index contributed by atoms with van der Waals surface area (Å²) in [7, 11) is -3.23. The first-order valence-corrected chi connectivity index (χ1v) is 6.71. The van der Waals surface area contributed by atoms with Gasteiger partial charge in [-0.05, 0) is 12.3 Å². The van der Waals surface area contributed by atoms with Crippen LogP contribution in [0.1, 0.15) is 33.1 Å². The van der Waals surface area contributed by atoms with Gasteiger partial charge in [0.1, 0.15) is 0 Å². The Balaban J connectivity index is 3.80. The maximum absolute atomic E-state index is 11.4. The highest BCUT2D eigenvalue weighted by Gasteiger charge is 2.13. The second-order valence-electron chi connectivity index (χ2n) is 3.69. The van der Waals surface area contributed by atoms with E-state index in [1.807, 2.05) is 13.8 Å². The van der Waals surface area contributed by atoms with Crippen molar-refractivity contribution in [1.82, 2.24) is 4.72 Å². The van der Waals surface area contributed by atoms with E-state index in [0.717, 1.165) is 6.42 Å². The van der Waals surface area contributed by atoms with Gasteiger partial charge in [0.05, 0.1) is 5.75 Å². The van der Waals surface area contributed by atoms with Gasteiger partial charge >= 0.3 is 5.97 Å². The van der Waals surface area contributed by atoms with Crippen LogP contribution in [-0.2, 0) is 14.8 Å². The first-order chi connectivity index (χ1) is 6.87. The monoisotopic (exact) mass is 237 g/mol. The van der Waals surface area contributed by atoms with Crippen molar-refractivity contribution in [2.24, 2.45) is 5.92 Å². The minimum Gasteiger partial charge on any atom is -0.481 e. The fourth-order valence-corrected chi connectivity index (χ4v) is 2.58. The molecule has 0 bridgehead atoms. The van der Waals surface area contributed by atoms with Gasteiger partial charge in [0.15, 0.2) is 0 Å². The molecule has 0 saturated heterocycles. The van der Waals surface area contributed by atoms with Crippen LogP contribution in [0.4, 0.5) is 0 Å². The van der Waals surface area contributed by atoms with Crippen LogP contribution in [0.3, 0.4) is 0 Å². The number of nitrogens with one attached hydrogen (secondary N) is 1. The number of aliphatic carboxylic acids is 1. The third-order valence-electron chi connectivity index (χ3n) is 2.09. The molecule has 90 valence electrons. The van der Waals surface area contributed by atoms with E-state index in [0.29, 0.717) is 6.42 Å². The quantitative estimate of drug-likeness (QED) is 0.612. The summed E-state index contributed by atoms with van der Waals surface area (Å²) in [6, 6.07) is 0. The van der Waals surface area contributed by atoms with Gasteiger partial charge in [-0.25, -0.2) is 13.1 Å². The van der Waals surface area contributed by atoms with Crippen LogP contribution in [0.2, 0.25) is 0 Å². The lowest BCUT2D eigenvalue weighted by Crippen LogP contribution is -2.30. The van der Waals surface area contributed by atoms with E-state index in [1.165, 1.54) is 0 Å². The summed E-state index contributed by atoms with van der Waals surface area (Å²) in [5.74, 6) is -0.672. The molecule has 0 aliphatic rings. The molecule has 0 aliphatic heterocycles. The lowest BCUT2D eigenvalue weighted by atomic mass is 10.2. The van der Waals surface area contributed by atoms with Crippen LogP contribution in [0.25, 0.3) is 0 Å². The zero-order valence-electron chi connectivity index (χ0n) is 9.19. The molecule has 0 saturated carbocycles. The molecule has 1 unspecified atom stereocenters. The van der Waals surface area contributed by atoms with Crippen LogP contribution >= 0.6 is 0 Å². The second kappa shape index (κ2) is 6.79. The van der Waals surface area contributed by atoms with E-state index >= 15 is 0 Å². The minimum absolute atomic E-state index is 0.00808. The van der Waals surface area contributed by atoms with Gasteiger partial charge in [-0.1, -0.05) is 20.3 Å². The summed E-state index contributed by atoms with van der Waals surface area (Å²) in [6.07, 6.45) is 1.14. The van der Waals surface area contributed by atoms with Crippen molar-refractivity contribution in [3.8, 4) is 0 Å². The molecule has 0 radical (unpaired) electrons. The maximum Gasteiger partial charge on any atom is 0.303 e. The summed E-state index contributed by atoms with van der Waals surface area (Å²) in [5, 5.41) is 8.35. The lowest BCUT2D eigenvalue weighted by molar-refractivity contribution is -0.137. The van der Waals surface area contributed by atoms with Crippen molar-refractivity contribution < 1.29 is 18.3 Å². The largest absolute Gasteiger partial charge is 0.481 e. The van der Waals surface area contributed by atoms with E-state index in [1.54, 1.807) is 0 Å². The fourth-order valence-electron chi connectivity index (χ4n) is 1.02. The van der Waals surface area contributed by atoms with E-state index in [-0.39, 0.29) is 24.6 Å². The third kappa shape index (κ3) is 8.38. The number of sulfonamides is 1. The van der Waals surface area contributed by atoms with Gasteiger partial charge in [-0.15, -0.1) is 0 Å². The Morgan fingerprint density at radius 3 is 2.53 bits per heavy atom. The average molecular weight is 237 g/mol. The number of carboxylic acid groups (broad SMARTS) is 1. The molecule has 1 atom stereocenters. The highest BCUT2D eigenvalue weighted by atomic mass is 32.2. The maximum atomic E-state index is 11.4. The Kier molecular flexibility index (Phi) is 6.51. The summed E-state index contributed by atoms with van der Waals surface area (Å²) in [4.78, 5) is 10.2. The molecule has 2 N–H and O–H groups in total. The number of carbonyl (C=O) groups is 1. The molecule has 6 heteroatoms. The molecular weight excluding hydrogens is 218 g/mol. The summed E-state index contributed by atoms with van der Waals surface area (Å²) in [6.45, 7) is 4.01. The predicted octanol–water partition coefficient (Wildman–Crippen LogP) is 0.817. The molecule has 0 amide bonds. The highest BCUT2D eigenvalue weighted by Crippen LogP contribution is 2.03. The third-order valence-corrected chi connectivity index (χ3v) is 3.74. The smallest absolute Gasteiger partial charge is 0.303 e. The van der Waals surface area contributed by atoms with Crippen molar-refractivity contribution in [3.63, 3.8) is 0 Å². The number of carboxylic acids is 1. The normalized spacial score (nSPS) is 13.7. The molecule has 15 heavy (non-hydrogen) atoms. The van der Waals surface area contributed by atoms with Gasteiger partial charge < -0.3 is 5.11 Å². The van der Waals surface area contributed by atoms with Crippen LogP contribution in [0.15, 0.2) is 0 Å². The van der Waals surface area contributed by atoms with Gasteiger partial charge in [-0.3, -0.25) is 4.79 Å². The van der Waals surface area contributed by atoms with Crippen molar-refractivity contribution in [2.45, 2.75) is 33.1 Å². The van der Waals surface area contributed by atoms with Crippen LogP contribution in [-0.4, -0.2) is 31.8 Å². The molecule has 0 heterocycles. The molecule has 0 fully saturated rings. The van der Waals surface area contributed by atoms with E-state index in [2.05, 4.69) is 4.72 Å². The zero-order chi connectivity index (χ0) is 11.9. The van der Waals surface area contributed by atoms with E-state index in [4.69, 9.17) is 5.11 Å². The van der Waals surface area contributed by atoms with Crippen molar-refractivity contribution >= 4 is 16.0 Å². The summed E-state index contributed by atoms with van der Waals surface area (Å²) < 4.78 is 25.2. The summed E-state index contributed by atoms with van der Waals surface area (Å²) in [5.41, 5.74) is 0. The van der Waals surface area contributed by atoms with E-state index in [9.17, 15) is 13.2 Å². The Bertz CT molecular complexity index is 286. The molecule has 0 aliphatic carbocycles. The standard InChI is InChI=1S/C9H19NO4S/c1-3-8(2)7-15(13,14)10-6-4-5-9(11)12/h8,10H,3-7H2,1-2H3,(H,11,12). The number of hydrogen-bond acceptors (Lipinski definition) is 3. The summed E-state index contributed by atoms with van der Waals surface area (Å²) >= 11 is 0. The lowest BCUT2D eigenvalue weighted by Gasteiger charge is -2.10. The van der Waals surface area contributed by atoms with Gasteiger partial charge in [0.2, 0.25) is 10.0 Å². The first-order valence-electron chi connectivity index (χ1n) is 5.06. The average Bonchev–Trinajstić information content (AvgIpc) is 2.11. The van der Waals surface area contributed by atoms with Gasteiger partial charge in [0, 0.05) is 13.0 Å². The molecule has 0 spiro atoms. The van der Waals surface area contributed by atoms with E-state index < -0.39 is 16.0 Å². The molecule has 5 nitrogen and oxygen atoms in total. The SMILES string of the molecule is CCC(C)CS(=O)(=O)NCCCC(=O)O. The van der Waals surface area contributed by atoms with Gasteiger partial charge in [0.25, 0.3) is 0 Å². The molecule has 0 aromatic carbocycles. The molecule has 0 aromatic rings. The Hall–Kier alpha value is -0.620. The Morgan fingerprint density at radius 1 is 1.47 bits per heavy atom. The first kappa shape index (κ1) is 14.4. The van der Waals surface area contributed by atoms with Gasteiger partial charge in [-0.2, -0.15) is 0 Å². The molecule has 0 rings (SSSR count). The minimum atomic E-state index is -3.23. The molecule has 0 aromatic heterocycles. The Morgan fingerprint density at radius 2 is 2.07 bits per heavy atom. The highest BCUT2D eigenvalue weighted by molar-refractivity contribution is 7.89. The van der Waals surface area contributed by atoms with Crippen molar-refractivity contribution in [1.29, 1.82) is 0 Å². The second-order valence-corrected chi connectivity index (χ2v) is 5.54. The Labute approximate surface area is 90.9 Å². The zero-order valence-corrected chi connectivity index (χ0v) is 10.0. The van der Waals surface area contributed by atoms with Crippen molar-refractivity contribution in [3.05, 3.63) is 0 Å². The van der Waals surface area contributed by atoms with Crippen molar-refractivity contribution in [2.75, 3.05) is 12.3 Å².